The van der Waals surface area contributed by atoms with E-state index < -0.39 is 0 Å². The molecule has 0 unspecified atom stereocenters. The van der Waals surface area contributed by atoms with Crippen molar-refractivity contribution in [1.82, 2.24) is 9.97 Å². The highest BCUT2D eigenvalue weighted by molar-refractivity contribution is 5.54. The van der Waals surface area contributed by atoms with Crippen molar-refractivity contribution in [2.75, 3.05) is 17.6 Å². The summed E-state index contributed by atoms with van der Waals surface area (Å²) in [6, 6.07) is 0. The van der Waals surface area contributed by atoms with Gasteiger partial charge < -0.3 is 11.1 Å². The number of nitrogens with zero attached hydrogens (tertiary/aromatic N) is 2. The van der Waals surface area contributed by atoms with Crippen molar-refractivity contribution in [2.24, 2.45) is 0 Å². The molecule has 0 bridgehead atoms. The smallest absolute Gasteiger partial charge is 0.134 e. The van der Waals surface area contributed by atoms with E-state index in [0.717, 1.165) is 24.3 Å². The molecule has 4 heteroatoms. The zero-order valence-corrected chi connectivity index (χ0v) is 9.58. The molecule has 0 aliphatic heterocycles. The van der Waals surface area contributed by atoms with E-state index in [1.165, 1.54) is 25.6 Å². The van der Waals surface area contributed by atoms with E-state index in [9.17, 15) is 0 Å². The average molecular weight is 208 g/mol. The highest BCUT2D eigenvalue weighted by Crippen LogP contribution is 2.17. The van der Waals surface area contributed by atoms with Gasteiger partial charge in [0, 0.05) is 12.1 Å². The highest BCUT2D eigenvalue weighted by atomic mass is 15.0. The van der Waals surface area contributed by atoms with Crippen LogP contribution in [0.1, 0.15) is 38.7 Å². The number of rotatable bonds is 6. The molecule has 1 heterocycles. The van der Waals surface area contributed by atoms with Gasteiger partial charge in [0.15, 0.2) is 0 Å². The van der Waals surface area contributed by atoms with Gasteiger partial charge in [-0.15, -0.1) is 0 Å². The SMILES string of the molecule is CCCCCNc1ncnc(N)c1CC. The molecule has 3 N–H and O–H groups in total. The van der Waals surface area contributed by atoms with Crippen LogP contribution in [0.5, 0.6) is 0 Å². The standard InChI is InChI=1S/C11H20N4/c1-3-5-6-7-13-11-9(4-2)10(12)14-8-15-11/h8H,3-7H2,1-2H3,(H3,12,13,14,15). The van der Waals surface area contributed by atoms with Gasteiger partial charge in [0.1, 0.15) is 18.0 Å². The fourth-order valence-corrected chi connectivity index (χ4v) is 1.51. The summed E-state index contributed by atoms with van der Waals surface area (Å²) in [7, 11) is 0. The predicted octanol–water partition coefficient (Wildman–Crippen LogP) is 2.22. The largest absolute Gasteiger partial charge is 0.383 e. The second-order valence-corrected chi connectivity index (χ2v) is 3.57. The first-order valence-electron chi connectivity index (χ1n) is 5.62. The Morgan fingerprint density at radius 3 is 2.73 bits per heavy atom. The summed E-state index contributed by atoms with van der Waals surface area (Å²) >= 11 is 0. The van der Waals surface area contributed by atoms with Gasteiger partial charge in [-0.25, -0.2) is 9.97 Å². The first-order chi connectivity index (χ1) is 7.29. The molecule has 15 heavy (non-hydrogen) atoms. The maximum atomic E-state index is 5.77. The van der Waals surface area contributed by atoms with E-state index in [-0.39, 0.29) is 0 Å². The van der Waals surface area contributed by atoms with Gasteiger partial charge in [-0.3, -0.25) is 0 Å². The summed E-state index contributed by atoms with van der Waals surface area (Å²) in [5.74, 6) is 1.48. The van der Waals surface area contributed by atoms with E-state index in [0.29, 0.717) is 5.82 Å². The van der Waals surface area contributed by atoms with Crippen molar-refractivity contribution in [3.63, 3.8) is 0 Å². The second-order valence-electron chi connectivity index (χ2n) is 3.57. The molecule has 0 saturated heterocycles. The number of anilines is 2. The Hall–Kier alpha value is -1.32. The number of unbranched alkanes of at least 4 members (excludes halogenated alkanes) is 2. The van der Waals surface area contributed by atoms with Gasteiger partial charge in [0.05, 0.1) is 0 Å². The maximum absolute atomic E-state index is 5.77. The van der Waals surface area contributed by atoms with Gasteiger partial charge in [0.2, 0.25) is 0 Å². The second kappa shape index (κ2) is 6.22. The molecule has 0 aromatic carbocycles. The first kappa shape index (κ1) is 11.8. The number of nitrogens with two attached hydrogens (primary N) is 1. The molecule has 0 radical (unpaired) electrons. The van der Waals surface area contributed by atoms with Crippen molar-refractivity contribution in [3.8, 4) is 0 Å². The topological polar surface area (TPSA) is 63.8 Å². The lowest BCUT2D eigenvalue weighted by Crippen LogP contribution is -2.09. The number of aromatic nitrogens is 2. The van der Waals surface area contributed by atoms with Crippen LogP contribution in [0.15, 0.2) is 6.33 Å². The third-order valence-electron chi connectivity index (χ3n) is 2.41. The van der Waals surface area contributed by atoms with Gasteiger partial charge in [-0.2, -0.15) is 0 Å². The molecule has 0 spiro atoms. The van der Waals surface area contributed by atoms with Crippen LogP contribution in [0.2, 0.25) is 0 Å². The van der Waals surface area contributed by atoms with Crippen LogP contribution in [0.3, 0.4) is 0 Å². The van der Waals surface area contributed by atoms with Gasteiger partial charge in [0.25, 0.3) is 0 Å². The molecule has 1 aromatic heterocycles. The van der Waals surface area contributed by atoms with Gasteiger partial charge in [-0.05, 0) is 12.8 Å². The first-order valence-corrected chi connectivity index (χ1v) is 5.62. The summed E-state index contributed by atoms with van der Waals surface area (Å²) in [5, 5.41) is 3.31. The monoisotopic (exact) mass is 208 g/mol. The quantitative estimate of drug-likeness (QED) is 0.704. The Kier molecular flexibility index (Phi) is 4.87. The van der Waals surface area contributed by atoms with Crippen LogP contribution in [-0.2, 0) is 6.42 Å². The van der Waals surface area contributed by atoms with Crippen molar-refractivity contribution in [2.45, 2.75) is 39.5 Å². The maximum Gasteiger partial charge on any atom is 0.134 e. The van der Waals surface area contributed by atoms with Crippen molar-refractivity contribution in [3.05, 3.63) is 11.9 Å². The summed E-state index contributed by atoms with van der Waals surface area (Å²) in [4.78, 5) is 8.19. The van der Waals surface area contributed by atoms with Crippen LogP contribution in [0.25, 0.3) is 0 Å². The van der Waals surface area contributed by atoms with E-state index >= 15 is 0 Å². The summed E-state index contributed by atoms with van der Waals surface area (Å²) in [6.07, 6.45) is 6.02. The van der Waals surface area contributed by atoms with Crippen molar-refractivity contribution in [1.29, 1.82) is 0 Å². The lowest BCUT2D eigenvalue weighted by Gasteiger charge is -2.10. The number of nitrogens with one attached hydrogen (secondary N) is 1. The Morgan fingerprint density at radius 1 is 1.27 bits per heavy atom. The molecule has 1 aromatic rings. The molecular formula is C11H20N4. The van der Waals surface area contributed by atoms with Crippen LogP contribution in [0.4, 0.5) is 11.6 Å². The van der Waals surface area contributed by atoms with Crippen molar-refractivity contribution >= 4 is 11.6 Å². The van der Waals surface area contributed by atoms with E-state index in [1.807, 2.05) is 0 Å². The van der Waals surface area contributed by atoms with Crippen LogP contribution in [-0.4, -0.2) is 16.5 Å². The fraction of sp³-hybridized carbons (Fsp3) is 0.636. The lowest BCUT2D eigenvalue weighted by atomic mass is 10.2. The molecule has 0 fully saturated rings. The Labute approximate surface area is 91.3 Å². The molecule has 0 atom stereocenters. The van der Waals surface area contributed by atoms with Crippen LogP contribution in [0, 0.1) is 0 Å². The highest BCUT2D eigenvalue weighted by Gasteiger charge is 2.05. The third-order valence-corrected chi connectivity index (χ3v) is 2.41. The molecule has 0 aliphatic carbocycles. The molecule has 0 saturated carbocycles. The minimum atomic E-state index is 0.588. The van der Waals surface area contributed by atoms with Crippen molar-refractivity contribution < 1.29 is 0 Å². The lowest BCUT2D eigenvalue weighted by molar-refractivity contribution is 0.741. The fourth-order valence-electron chi connectivity index (χ4n) is 1.51. The number of nitrogen functional groups attached to an aromatic ring is 1. The Balaban J connectivity index is 2.56. The minimum absolute atomic E-state index is 0.588. The van der Waals surface area contributed by atoms with E-state index in [4.69, 9.17) is 5.73 Å². The summed E-state index contributed by atoms with van der Waals surface area (Å²) in [6.45, 7) is 5.21. The normalized spacial score (nSPS) is 10.3. The van der Waals surface area contributed by atoms with Crippen LogP contribution < -0.4 is 11.1 Å². The zero-order chi connectivity index (χ0) is 11.1. The summed E-state index contributed by atoms with van der Waals surface area (Å²) < 4.78 is 0. The average Bonchev–Trinajstić information content (AvgIpc) is 2.24. The molecule has 4 nitrogen and oxygen atoms in total. The van der Waals surface area contributed by atoms with Gasteiger partial charge in [-0.1, -0.05) is 26.7 Å². The number of hydrogen-bond donors (Lipinski definition) is 2. The molecule has 1 rings (SSSR count). The Bertz CT molecular complexity index is 299. The minimum Gasteiger partial charge on any atom is -0.383 e. The third kappa shape index (κ3) is 3.38. The van der Waals surface area contributed by atoms with Gasteiger partial charge >= 0.3 is 0 Å². The predicted molar refractivity (Wildman–Crippen MR) is 63.8 cm³/mol. The molecule has 0 amide bonds. The summed E-state index contributed by atoms with van der Waals surface area (Å²) in [5.41, 5.74) is 6.79. The van der Waals surface area contributed by atoms with Crippen LogP contribution >= 0.6 is 0 Å². The number of hydrogen-bond acceptors (Lipinski definition) is 4. The zero-order valence-electron chi connectivity index (χ0n) is 9.58. The molecule has 0 aliphatic rings. The Morgan fingerprint density at radius 2 is 2.07 bits per heavy atom. The molecular weight excluding hydrogens is 188 g/mol. The molecule has 84 valence electrons. The van der Waals surface area contributed by atoms with E-state index in [1.54, 1.807) is 0 Å². The van der Waals surface area contributed by atoms with E-state index in [2.05, 4.69) is 29.1 Å².